The normalized spacial score (nSPS) is 9.74. The van der Waals surface area contributed by atoms with Gasteiger partial charge in [-0.3, -0.25) is 9.59 Å². The van der Waals surface area contributed by atoms with Gasteiger partial charge in [0.1, 0.15) is 6.42 Å². The van der Waals surface area contributed by atoms with Gasteiger partial charge in [0.05, 0.1) is 0 Å². The Balaban J connectivity index is 0. The molecule has 19 heavy (non-hydrogen) atoms. The SMILES string of the molecule is O=C(O)CC(=O)O.[KH].[Li][c]1ccccc1C(C)(C)C. The first-order valence-corrected chi connectivity index (χ1v) is 5.64. The molecule has 2 N–H and O–H groups in total. The average Bonchev–Trinajstić information content (AvgIpc) is 2.14. The Morgan fingerprint density at radius 3 is 1.74 bits per heavy atom. The summed E-state index contributed by atoms with van der Waals surface area (Å²) in [6.07, 6.45) is -0.806. The molecule has 1 rings (SSSR count). The van der Waals surface area contributed by atoms with E-state index in [-0.39, 0.29) is 56.8 Å². The summed E-state index contributed by atoms with van der Waals surface area (Å²) in [7, 11) is 0. The summed E-state index contributed by atoms with van der Waals surface area (Å²) in [5.41, 5.74) is 1.73. The van der Waals surface area contributed by atoms with Gasteiger partial charge in [0.2, 0.25) is 0 Å². The van der Waals surface area contributed by atoms with Gasteiger partial charge in [0, 0.05) is 0 Å². The Bertz CT molecular complexity index is 415. The number of benzene rings is 1. The summed E-state index contributed by atoms with van der Waals surface area (Å²) in [5, 5.41) is 15.4. The molecular weight excluding hydrogens is 266 g/mol. The zero-order chi connectivity index (χ0) is 14.3. The first-order valence-electron chi connectivity index (χ1n) is 5.64. The number of hydrogen-bond donors (Lipinski definition) is 2. The van der Waals surface area contributed by atoms with Gasteiger partial charge in [-0.1, -0.05) is 0 Å². The fourth-order valence-corrected chi connectivity index (χ4v) is 1.54. The van der Waals surface area contributed by atoms with E-state index in [0.29, 0.717) is 0 Å². The fraction of sp³-hybridized carbons (Fsp3) is 0.385. The van der Waals surface area contributed by atoms with E-state index in [1.54, 1.807) is 0 Å². The van der Waals surface area contributed by atoms with E-state index >= 15 is 0 Å². The third-order valence-corrected chi connectivity index (χ3v) is 2.26. The molecule has 6 heteroatoms. The van der Waals surface area contributed by atoms with Gasteiger partial charge in [0.15, 0.2) is 0 Å². The number of aliphatic carboxylic acids is 2. The molecule has 0 aliphatic carbocycles. The van der Waals surface area contributed by atoms with Crippen LogP contribution in [0.4, 0.5) is 0 Å². The number of carboxylic acids is 2. The van der Waals surface area contributed by atoms with Crippen molar-refractivity contribution in [2.24, 2.45) is 0 Å². The van der Waals surface area contributed by atoms with Crippen molar-refractivity contribution in [3.8, 4) is 0 Å². The second kappa shape index (κ2) is 10.2. The number of carbonyl (C=O) groups is 2. The number of rotatable bonds is 2. The molecule has 0 unspecified atom stereocenters. The van der Waals surface area contributed by atoms with Gasteiger partial charge in [-0.15, -0.1) is 0 Å². The van der Waals surface area contributed by atoms with Crippen LogP contribution in [0.1, 0.15) is 32.8 Å². The van der Waals surface area contributed by atoms with Crippen molar-refractivity contribution < 1.29 is 19.8 Å². The Kier molecular flexibility index (Phi) is 11.6. The first kappa shape index (κ1) is 21.7. The summed E-state index contributed by atoms with van der Waals surface area (Å²) in [4.78, 5) is 18.9. The predicted molar refractivity (Wildman–Crippen MR) is 77.6 cm³/mol. The van der Waals surface area contributed by atoms with Crippen LogP contribution < -0.4 is 4.24 Å². The molecular formula is C13H18KLiO4. The zero-order valence-electron chi connectivity index (χ0n) is 11.2. The van der Waals surface area contributed by atoms with E-state index in [9.17, 15) is 9.59 Å². The Hall–Kier alpha value is 0.394. The van der Waals surface area contributed by atoms with Crippen LogP contribution in [0.3, 0.4) is 0 Å². The topological polar surface area (TPSA) is 74.6 Å². The van der Waals surface area contributed by atoms with E-state index < -0.39 is 18.4 Å². The summed E-state index contributed by atoms with van der Waals surface area (Å²) in [5.74, 6) is -2.62. The Labute approximate surface area is 165 Å². The minimum atomic E-state index is -1.31. The molecule has 0 aliphatic heterocycles. The number of hydrogen-bond acceptors (Lipinski definition) is 2. The van der Waals surface area contributed by atoms with E-state index in [1.165, 1.54) is 9.80 Å². The van der Waals surface area contributed by atoms with Crippen LogP contribution in [0.15, 0.2) is 24.3 Å². The van der Waals surface area contributed by atoms with Crippen LogP contribution in [0.2, 0.25) is 0 Å². The predicted octanol–water partition coefficient (Wildman–Crippen LogP) is 0.675. The molecule has 1 aromatic rings. The molecule has 0 heterocycles. The summed E-state index contributed by atoms with van der Waals surface area (Å²) < 4.78 is 1.39. The average molecular weight is 284 g/mol. The van der Waals surface area contributed by atoms with E-state index in [1.807, 2.05) is 0 Å². The summed E-state index contributed by atoms with van der Waals surface area (Å²) in [6, 6.07) is 8.56. The second-order valence-electron chi connectivity index (χ2n) is 5.03. The Morgan fingerprint density at radius 2 is 1.53 bits per heavy atom. The maximum absolute atomic E-state index is 9.43. The van der Waals surface area contributed by atoms with Gasteiger partial charge in [0.25, 0.3) is 0 Å². The molecule has 0 aliphatic rings. The van der Waals surface area contributed by atoms with Crippen LogP contribution in [0, 0.1) is 0 Å². The van der Waals surface area contributed by atoms with Crippen molar-refractivity contribution in [3.05, 3.63) is 29.8 Å². The maximum atomic E-state index is 9.43. The minimum absolute atomic E-state index is 0. The van der Waals surface area contributed by atoms with Crippen molar-refractivity contribution in [1.82, 2.24) is 0 Å². The van der Waals surface area contributed by atoms with Gasteiger partial charge in [-0.25, -0.2) is 0 Å². The van der Waals surface area contributed by atoms with E-state index in [2.05, 4.69) is 62.8 Å². The molecule has 0 bridgehead atoms. The van der Waals surface area contributed by atoms with Gasteiger partial charge < -0.3 is 10.2 Å². The Morgan fingerprint density at radius 1 is 1.11 bits per heavy atom. The van der Waals surface area contributed by atoms with Crippen molar-refractivity contribution in [2.45, 2.75) is 32.6 Å². The molecule has 0 spiro atoms. The van der Waals surface area contributed by atoms with Crippen LogP contribution in [-0.2, 0) is 15.0 Å². The molecule has 0 saturated carbocycles. The van der Waals surface area contributed by atoms with Crippen molar-refractivity contribution in [2.75, 3.05) is 0 Å². The summed E-state index contributed by atoms with van der Waals surface area (Å²) in [6.45, 7) is 6.74. The van der Waals surface area contributed by atoms with Crippen LogP contribution >= 0.6 is 0 Å². The molecule has 1 aromatic carbocycles. The summed E-state index contributed by atoms with van der Waals surface area (Å²) >= 11 is 2.17. The van der Waals surface area contributed by atoms with Crippen molar-refractivity contribution >= 4 is 85.3 Å². The van der Waals surface area contributed by atoms with Crippen molar-refractivity contribution in [1.29, 1.82) is 0 Å². The van der Waals surface area contributed by atoms with E-state index in [4.69, 9.17) is 10.2 Å². The quantitative estimate of drug-likeness (QED) is 0.618. The third-order valence-electron chi connectivity index (χ3n) is 2.26. The van der Waals surface area contributed by atoms with Gasteiger partial charge >= 0.3 is 141 Å². The third kappa shape index (κ3) is 10.8. The molecule has 0 saturated heterocycles. The molecule has 0 atom stereocenters. The van der Waals surface area contributed by atoms with Crippen molar-refractivity contribution in [3.63, 3.8) is 0 Å². The standard InChI is InChI=1S/C10H13.C3H4O4.K.Li.H/c1-10(2,3)9-7-5-4-6-8-9;4-2(5)1-3(6)7;;;/h4-7H,1-3H3;1H2,(H,4,5)(H,6,7);;;. The monoisotopic (exact) mass is 284 g/mol. The fourth-order valence-electron chi connectivity index (χ4n) is 1.54. The molecule has 0 fully saturated rings. The van der Waals surface area contributed by atoms with E-state index in [0.717, 1.165) is 0 Å². The number of carboxylic acid groups (broad SMARTS) is 2. The molecule has 0 radical (unpaired) electrons. The molecule has 0 aromatic heterocycles. The molecule has 0 amide bonds. The second-order valence-corrected chi connectivity index (χ2v) is 5.03. The van der Waals surface area contributed by atoms with Crippen LogP contribution in [0.5, 0.6) is 0 Å². The molecule has 96 valence electrons. The first-order chi connectivity index (χ1) is 8.14. The van der Waals surface area contributed by atoms with Gasteiger partial charge in [-0.2, -0.15) is 0 Å². The van der Waals surface area contributed by atoms with Crippen LogP contribution in [0.25, 0.3) is 0 Å². The van der Waals surface area contributed by atoms with Gasteiger partial charge in [-0.05, 0) is 0 Å². The zero-order valence-corrected chi connectivity index (χ0v) is 11.2. The van der Waals surface area contributed by atoms with Crippen LogP contribution in [-0.4, -0.2) is 91.3 Å². The molecule has 4 nitrogen and oxygen atoms in total.